The van der Waals surface area contributed by atoms with E-state index in [0.29, 0.717) is 6.54 Å². The highest BCUT2D eigenvalue weighted by Crippen LogP contribution is 1.99. The van der Waals surface area contributed by atoms with Crippen molar-refractivity contribution >= 4 is 5.91 Å². The maximum absolute atomic E-state index is 11.4. The number of aromatic nitrogens is 2. The number of carbonyl (C=O) groups excluding carboxylic acids is 1. The summed E-state index contributed by atoms with van der Waals surface area (Å²) < 4.78 is 1.69. The summed E-state index contributed by atoms with van der Waals surface area (Å²) in [6.07, 6.45) is 3.56. The molecule has 0 saturated carbocycles. The topological polar surface area (TPSA) is 72.9 Å². The van der Waals surface area contributed by atoms with E-state index in [1.807, 2.05) is 13.2 Å². The largest absolute Gasteiger partial charge is 0.350 e. The highest BCUT2D eigenvalue weighted by molar-refractivity contribution is 5.84. The normalized spacial score (nSPS) is 11.4. The van der Waals surface area contributed by atoms with Gasteiger partial charge in [-0.3, -0.25) is 9.48 Å². The van der Waals surface area contributed by atoms with Crippen LogP contribution in [0.25, 0.3) is 0 Å². The van der Waals surface area contributed by atoms with E-state index in [1.165, 1.54) is 0 Å². The first-order valence-electron chi connectivity index (χ1n) is 4.44. The van der Waals surface area contributed by atoms with Crippen LogP contribution >= 0.6 is 0 Å². The lowest BCUT2D eigenvalue weighted by atomic mass is 10.1. The van der Waals surface area contributed by atoms with E-state index < -0.39 is 5.54 Å². The van der Waals surface area contributed by atoms with Crippen LogP contribution in [0.15, 0.2) is 12.4 Å². The van der Waals surface area contributed by atoms with Crippen LogP contribution in [0.4, 0.5) is 0 Å². The molecule has 1 aromatic heterocycles. The highest BCUT2D eigenvalue weighted by Gasteiger charge is 2.21. The molecule has 1 aromatic rings. The van der Waals surface area contributed by atoms with Crippen LogP contribution in [0, 0.1) is 0 Å². The SMILES string of the molecule is Cn1cc(CNC(=O)C(C)(C)N)cn1. The summed E-state index contributed by atoms with van der Waals surface area (Å²) in [6.45, 7) is 3.81. The first-order valence-corrected chi connectivity index (χ1v) is 4.44. The van der Waals surface area contributed by atoms with Gasteiger partial charge in [-0.2, -0.15) is 5.10 Å². The summed E-state index contributed by atoms with van der Waals surface area (Å²) in [5, 5.41) is 6.73. The number of nitrogens with two attached hydrogens (primary N) is 1. The fraction of sp³-hybridized carbons (Fsp3) is 0.556. The second kappa shape index (κ2) is 3.79. The molecule has 5 heteroatoms. The maximum Gasteiger partial charge on any atom is 0.239 e. The van der Waals surface area contributed by atoms with Gasteiger partial charge in [0.1, 0.15) is 0 Å². The smallest absolute Gasteiger partial charge is 0.239 e. The molecule has 78 valence electrons. The Kier molecular flexibility index (Phi) is 2.90. The third-order valence-corrected chi connectivity index (χ3v) is 1.80. The maximum atomic E-state index is 11.4. The minimum absolute atomic E-state index is 0.165. The Morgan fingerprint density at radius 2 is 2.36 bits per heavy atom. The quantitative estimate of drug-likeness (QED) is 0.701. The van der Waals surface area contributed by atoms with Crippen LogP contribution in [-0.4, -0.2) is 21.2 Å². The van der Waals surface area contributed by atoms with Crippen LogP contribution in [-0.2, 0) is 18.4 Å². The molecule has 0 aromatic carbocycles. The van der Waals surface area contributed by atoms with Gasteiger partial charge in [0.2, 0.25) is 5.91 Å². The van der Waals surface area contributed by atoms with Crippen molar-refractivity contribution < 1.29 is 4.79 Å². The molecule has 3 N–H and O–H groups in total. The minimum atomic E-state index is -0.831. The van der Waals surface area contributed by atoms with Crippen molar-refractivity contribution in [2.75, 3.05) is 0 Å². The van der Waals surface area contributed by atoms with Crippen molar-refractivity contribution in [2.24, 2.45) is 12.8 Å². The van der Waals surface area contributed by atoms with E-state index in [4.69, 9.17) is 5.73 Å². The summed E-state index contributed by atoms with van der Waals surface area (Å²) in [6, 6.07) is 0. The zero-order chi connectivity index (χ0) is 10.8. The number of amides is 1. The Morgan fingerprint density at radius 1 is 1.71 bits per heavy atom. The molecule has 0 aliphatic carbocycles. The molecule has 0 unspecified atom stereocenters. The summed E-state index contributed by atoms with van der Waals surface area (Å²) in [4.78, 5) is 11.4. The van der Waals surface area contributed by atoms with Crippen molar-refractivity contribution in [3.05, 3.63) is 18.0 Å². The lowest BCUT2D eigenvalue weighted by molar-refractivity contribution is -0.125. The zero-order valence-electron chi connectivity index (χ0n) is 8.74. The zero-order valence-corrected chi connectivity index (χ0v) is 8.74. The summed E-state index contributed by atoms with van der Waals surface area (Å²) in [5.41, 5.74) is 5.75. The molecule has 0 aliphatic rings. The van der Waals surface area contributed by atoms with Gasteiger partial charge in [-0.05, 0) is 13.8 Å². The van der Waals surface area contributed by atoms with Crippen LogP contribution in [0.1, 0.15) is 19.4 Å². The van der Waals surface area contributed by atoms with Crippen molar-refractivity contribution in [3.8, 4) is 0 Å². The van der Waals surface area contributed by atoms with Gasteiger partial charge in [0.05, 0.1) is 11.7 Å². The van der Waals surface area contributed by atoms with Gasteiger partial charge >= 0.3 is 0 Å². The van der Waals surface area contributed by atoms with Gasteiger partial charge in [0.25, 0.3) is 0 Å². The molecule has 5 nitrogen and oxygen atoms in total. The molecule has 0 fully saturated rings. The van der Waals surface area contributed by atoms with Crippen LogP contribution in [0.3, 0.4) is 0 Å². The molecular weight excluding hydrogens is 180 g/mol. The first-order chi connectivity index (χ1) is 6.39. The molecular formula is C9H16N4O. The second-order valence-electron chi connectivity index (χ2n) is 3.93. The average molecular weight is 196 g/mol. The van der Waals surface area contributed by atoms with Crippen molar-refractivity contribution in [2.45, 2.75) is 25.9 Å². The predicted octanol–water partition coefficient (Wildman–Crippen LogP) is -0.226. The number of nitrogens with one attached hydrogen (secondary N) is 1. The van der Waals surface area contributed by atoms with Gasteiger partial charge in [-0.15, -0.1) is 0 Å². The third-order valence-electron chi connectivity index (χ3n) is 1.80. The fourth-order valence-corrected chi connectivity index (χ4v) is 0.973. The highest BCUT2D eigenvalue weighted by atomic mass is 16.2. The molecule has 0 saturated heterocycles. The Morgan fingerprint density at radius 3 is 2.79 bits per heavy atom. The van der Waals surface area contributed by atoms with E-state index >= 15 is 0 Å². The molecule has 0 radical (unpaired) electrons. The lowest BCUT2D eigenvalue weighted by Gasteiger charge is -2.17. The third kappa shape index (κ3) is 2.85. The van der Waals surface area contributed by atoms with Crippen LogP contribution < -0.4 is 11.1 Å². The van der Waals surface area contributed by atoms with Gasteiger partial charge in [-0.1, -0.05) is 0 Å². The van der Waals surface area contributed by atoms with Crippen molar-refractivity contribution in [3.63, 3.8) is 0 Å². The number of nitrogens with zero attached hydrogens (tertiary/aromatic N) is 2. The number of hydrogen-bond acceptors (Lipinski definition) is 3. The van der Waals surface area contributed by atoms with Crippen LogP contribution in [0.5, 0.6) is 0 Å². The number of aryl methyl sites for hydroxylation is 1. The second-order valence-corrected chi connectivity index (χ2v) is 3.93. The Bertz CT molecular complexity index is 324. The summed E-state index contributed by atoms with van der Waals surface area (Å²) in [7, 11) is 1.83. The Balaban J connectivity index is 2.46. The predicted molar refractivity (Wildman–Crippen MR) is 53.3 cm³/mol. The first kappa shape index (κ1) is 10.7. The van der Waals surface area contributed by atoms with Crippen molar-refractivity contribution in [1.29, 1.82) is 0 Å². The molecule has 1 amide bonds. The van der Waals surface area contributed by atoms with E-state index in [1.54, 1.807) is 24.7 Å². The van der Waals surface area contributed by atoms with Gasteiger partial charge < -0.3 is 11.1 Å². The van der Waals surface area contributed by atoms with E-state index in [0.717, 1.165) is 5.56 Å². The van der Waals surface area contributed by atoms with E-state index in [9.17, 15) is 4.79 Å². The fourth-order valence-electron chi connectivity index (χ4n) is 0.973. The Hall–Kier alpha value is -1.36. The summed E-state index contributed by atoms with van der Waals surface area (Å²) in [5.74, 6) is -0.165. The monoisotopic (exact) mass is 196 g/mol. The molecule has 0 aliphatic heterocycles. The van der Waals surface area contributed by atoms with E-state index in [-0.39, 0.29) is 5.91 Å². The lowest BCUT2D eigenvalue weighted by Crippen LogP contribution is -2.48. The number of carbonyl (C=O) groups is 1. The minimum Gasteiger partial charge on any atom is -0.350 e. The van der Waals surface area contributed by atoms with E-state index in [2.05, 4.69) is 10.4 Å². The Labute approximate surface area is 83.3 Å². The summed E-state index contributed by atoms with van der Waals surface area (Å²) >= 11 is 0. The van der Waals surface area contributed by atoms with Gasteiger partial charge in [0, 0.05) is 25.4 Å². The molecule has 14 heavy (non-hydrogen) atoms. The number of hydrogen-bond donors (Lipinski definition) is 2. The standard InChI is InChI=1S/C9H16N4O/c1-9(2,10)8(14)11-4-7-5-12-13(3)6-7/h5-6H,4,10H2,1-3H3,(H,11,14). The average Bonchev–Trinajstić information content (AvgIpc) is 2.45. The molecule has 0 spiro atoms. The van der Waals surface area contributed by atoms with Crippen molar-refractivity contribution in [1.82, 2.24) is 15.1 Å². The number of rotatable bonds is 3. The molecule has 0 atom stereocenters. The molecule has 0 bridgehead atoms. The van der Waals surface area contributed by atoms with Gasteiger partial charge in [-0.25, -0.2) is 0 Å². The van der Waals surface area contributed by atoms with Crippen LogP contribution in [0.2, 0.25) is 0 Å². The van der Waals surface area contributed by atoms with Gasteiger partial charge in [0.15, 0.2) is 0 Å². The molecule has 1 rings (SSSR count). The molecule has 1 heterocycles.